The molecule has 0 saturated carbocycles. The molecule has 27 heavy (non-hydrogen) atoms. The monoisotopic (exact) mass is 374 g/mol. The molecular weight excluding hydrogens is 361 g/mol. The zero-order chi connectivity index (χ0) is 19.6. The van der Waals surface area contributed by atoms with Crippen molar-refractivity contribution in [2.24, 2.45) is 0 Å². The zero-order valence-corrected chi connectivity index (χ0v) is 14.0. The van der Waals surface area contributed by atoms with Crippen LogP contribution in [-0.2, 0) is 11.0 Å². The van der Waals surface area contributed by atoms with Crippen LogP contribution in [0.4, 0.5) is 19.0 Å². The molecule has 0 aromatic carbocycles. The van der Waals surface area contributed by atoms with Crippen molar-refractivity contribution in [2.45, 2.75) is 13.1 Å². The van der Waals surface area contributed by atoms with Crippen molar-refractivity contribution in [1.82, 2.24) is 15.0 Å². The second kappa shape index (κ2) is 7.02. The molecule has 0 unspecified atom stereocenters. The molecular formula is C18H13F3N4O2. The van der Waals surface area contributed by atoms with Gasteiger partial charge in [0.25, 0.3) is 0 Å². The summed E-state index contributed by atoms with van der Waals surface area (Å²) in [4.78, 5) is 33.0. The van der Waals surface area contributed by atoms with Gasteiger partial charge in [0.05, 0.1) is 5.69 Å². The molecule has 1 amide bonds. The van der Waals surface area contributed by atoms with E-state index < -0.39 is 17.4 Å². The fraction of sp³-hybridized carbons (Fsp3) is 0.111. The molecule has 3 aromatic rings. The van der Waals surface area contributed by atoms with Crippen LogP contribution in [-0.4, -0.2) is 20.9 Å². The van der Waals surface area contributed by atoms with Crippen molar-refractivity contribution >= 4 is 11.7 Å². The first-order chi connectivity index (χ1) is 12.7. The van der Waals surface area contributed by atoms with E-state index in [1.54, 1.807) is 6.07 Å². The Kier molecular flexibility index (Phi) is 4.76. The van der Waals surface area contributed by atoms with E-state index in [9.17, 15) is 22.8 Å². The lowest BCUT2D eigenvalue weighted by molar-refractivity contribution is -0.140. The highest BCUT2D eigenvalue weighted by Gasteiger charge is 2.35. The first kappa shape index (κ1) is 18.3. The van der Waals surface area contributed by atoms with Crippen LogP contribution >= 0.6 is 0 Å². The number of nitrogens with one attached hydrogen (secondary N) is 2. The van der Waals surface area contributed by atoms with Gasteiger partial charge in [-0.1, -0.05) is 0 Å². The number of aromatic amines is 1. The van der Waals surface area contributed by atoms with Crippen molar-refractivity contribution in [1.29, 1.82) is 0 Å². The number of carbonyl (C=O) groups excluding carboxylic acids is 1. The van der Waals surface area contributed by atoms with Gasteiger partial charge in [-0.3, -0.25) is 14.6 Å². The topological polar surface area (TPSA) is 87.7 Å². The molecule has 3 aromatic heterocycles. The first-order valence-corrected chi connectivity index (χ1v) is 7.75. The Hall–Kier alpha value is -3.49. The van der Waals surface area contributed by atoms with E-state index >= 15 is 0 Å². The van der Waals surface area contributed by atoms with Crippen molar-refractivity contribution < 1.29 is 18.0 Å². The summed E-state index contributed by atoms with van der Waals surface area (Å²) in [6.45, 7) is 1.32. The smallest absolute Gasteiger partial charge is 0.322 e. The average Bonchev–Trinajstić information content (AvgIpc) is 2.60. The first-order valence-electron chi connectivity index (χ1n) is 7.75. The lowest BCUT2D eigenvalue weighted by Gasteiger charge is -2.12. The minimum absolute atomic E-state index is 0.0178. The molecule has 2 N–H and O–H groups in total. The Morgan fingerprint density at radius 2 is 1.85 bits per heavy atom. The highest BCUT2D eigenvalue weighted by atomic mass is 19.4. The highest BCUT2D eigenvalue weighted by Crippen LogP contribution is 2.35. The third-order valence-electron chi connectivity index (χ3n) is 3.61. The second-order valence-electron chi connectivity index (χ2n) is 5.66. The number of nitrogens with zero attached hydrogens (tertiary/aromatic N) is 2. The van der Waals surface area contributed by atoms with Gasteiger partial charge in [-0.05, 0) is 41.5 Å². The molecule has 0 aliphatic heterocycles. The summed E-state index contributed by atoms with van der Waals surface area (Å²) in [5.41, 5.74) is -1.03. The van der Waals surface area contributed by atoms with Gasteiger partial charge in [0.15, 0.2) is 5.69 Å². The quantitative estimate of drug-likeness (QED) is 0.735. The van der Waals surface area contributed by atoms with Gasteiger partial charge in [0.1, 0.15) is 5.82 Å². The molecule has 0 bridgehead atoms. The number of pyridine rings is 3. The molecule has 0 radical (unpaired) electrons. The molecule has 6 nitrogen and oxygen atoms in total. The largest absolute Gasteiger partial charge is 0.434 e. The van der Waals surface area contributed by atoms with Crippen LogP contribution in [0.2, 0.25) is 0 Å². The van der Waals surface area contributed by atoms with E-state index in [0.717, 1.165) is 6.20 Å². The van der Waals surface area contributed by atoms with Gasteiger partial charge in [-0.2, -0.15) is 13.2 Å². The maximum absolute atomic E-state index is 13.2. The number of anilines is 1. The van der Waals surface area contributed by atoms with Gasteiger partial charge < -0.3 is 10.3 Å². The van der Waals surface area contributed by atoms with Crippen molar-refractivity contribution in [2.75, 3.05) is 5.32 Å². The summed E-state index contributed by atoms with van der Waals surface area (Å²) in [7, 11) is 0. The lowest BCUT2D eigenvalue weighted by atomic mass is 10.0. The van der Waals surface area contributed by atoms with Crippen LogP contribution in [0.15, 0.2) is 53.6 Å². The van der Waals surface area contributed by atoms with Gasteiger partial charge in [-0.25, -0.2) is 4.98 Å². The summed E-state index contributed by atoms with van der Waals surface area (Å²) in [6.07, 6.45) is -2.21. The number of amides is 1. The fourth-order valence-corrected chi connectivity index (χ4v) is 2.56. The molecule has 0 aliphatic rings. The van der Waals surface area contributed by atoms with E-state index in [0.29, 0.717) is 11.1 Å². The van der Waals surface area contributed by atoms with Crippen LogP contribution in [0, 0.1) is 0 Å². The van der Waals surface area contributed by atoms with Crippen LogP contribution < -0.4 is 10.9 Å². The second-order valence-corrected chi connectivity index (χ2v) is 5.66. The molecule has 0 spiro atoms. The van der Waals surface area contributed by atoms with E-state index in [4.69, 9.17) is 0 Å². The molecule has 9 heteroatoms. The SMILES string of the molecule is CC(=O)Nc1cc(-c2cc(-c3cccnc3C(F)(F)F)[nH]c(=O)c2)ccn1. The van der Waals surface area contributed by atoms with Crippen molar-refractivity contribution in [3.05, 3.63) is 64.8 Å². The molecule has 0 aliphatic carbocycles. The highest BCUT2D eigenvalue weighted by molar-refractivity contribution is 5.88. The summed E-state index contributed by atoms with van der Waals surface area (Å²) >= 11 is 0. The van der Waals surface area contributed by atoms with E-state index in [2.05, 4.69) is 20.3 Å². The number of carbonyl (C=O) groups is 1. The molecule has 0 atom stereocenters. The predicted molar refractivity (Wildman–Crippen MR) is 92.8 cm³/mol. The number of aromatic nitrogens is 3. The number of halogens is 3. The Balaban J connectivity index is 2.12. The minimum Gasteiger partial charge on any atom is -0.322 e. The van der Waals surface area contributed by atoms with E-state index in [1.807, 2.05) is 0 Å². The standard InChI is InChI=1S/C18H13F3N4O2/c1-10(26)24-15-8-11(4-6-22-15)12-7-14(25-16(27)9-12)13-3-2-5-23-17(13)18(19,20)21/h2-9H,1H3,(H,25,27)(H,22,24,26). The predicted octanol–water partition coefficient (Wildman–Crippen LogP) is 3.48. The van der Waals surface area contributed by atoms with Gasteiger partial charge in [0, 0.05) is 30.9 Å². The number of H-pyrrole nitrogens is 1. The van der Waals surface area contributed by atoms with Crippen molar-refractivity contribution in [3.8, 4) is 22.4 Å². The van der Waals surface area contributed by atoms with Gasteiger partial charge >= 0.3 is 6.18 Å². The Morgan fingerprint density at radius 3 is 2.56 bits per heavy atom. The van der Waals surface area contributed by atoms with Gasteiger partial charge in [0.2, 0.25) is 11.5 Å². The molecule has 3 heterocycles. The third-order valence-corrected chi connectivity index (χ3v) is 3.61. The normalized spacial score (nSPS) is 11.3. The Labute approximate surface area is 151 Å². The zero-order valence-electron chi connectivity index (χ0n) is 14.0. The maximum Gasteiger partial charge on any atom is 0.434 e. The Bertz CT molecular complexity index is 1060. The maximum atomic E-state index is 13.2. The fourth-order valence-electron chi connectivity index (χ4n) is 2.56. The molecule has 0 saturated heterocycles. The summed E-state index contributed by atoms with van der Waals surface area (Å²) in [5.74, 6) is -0.0596. The summed E-state index contributed by atoms with van der Waals surface area (Å²) in [6, 6.07) is 8.36. The molecule has 3 rings (SSSR count). The lowest BCUT2D eigenvalue weighted by Crippen LogP contribution is -2.12. The number of hydrogen-bond donors (Lipinski definition) is 2. The Morgan fingerprint density at radius 1 is 1.07 bits per heavy atom. The molecule has 0 fully saturated rings. The van der Waals surface area contributed by atoms with Crippen LogP contribution in [0.5, 0.6) is 0 Å². The number of rotatable bonds is 3. The van der Waals surface area contributed by atoms with Gasteiger partial charge in [-0.15, -0.1) is 0 Å². The third kappa shape index (κ3) is 4.20. The summed E-state index contributed by atoms with van der Waals surface area (Å²) < 4.78 is 39.7. The number of alkyl halides is 3. The number of hydrogen-bond acceptors (Lipinski definition) is 4. The van der Waals surface area contributed by atoms with Crippen LogP contribution in [0.1, 0.15) is 12.6 Å². The molecule has 138 valence electrons. The van der Waals surface area contributed by atoms with Crippen LogP contribution in [0.25, 0.3) is 22.4 Å². The van der Waals surface area contributed by atoms with Crippen LogP contribution in [0.3, 0.4) is 0 Å². The van der Waals surface area contributed by atoms with E-state index in [-0.39, 0.29) is 23.0 Å². The van der Waals surface area contributed by atoms with E-state index in [1.165, 1.54) is 43.5 Å². The average molecular weight is 374 g/mol. The van der Waals surface area contributed by atoms with Crippen molar-refractivity contribution in [3.63, 3.8) is 0 Å². The minimum atomic E-state index is -4.67. The summed E-state index contributed by atoms with van der Waals surface area (Å²) in [5, 5.41) is 2.51.